The summed E-state index contributed by atoms with van der Waals surface area (Å²) in [7, 11) is 0. The molecule has 0 spiro atoms. The SMILES string of the molecule is C#Cc1c(-c2ccc(-c3ccc(C4CN/C(c5ccccc5-c5ccccc5)=C\CCC(c5cccc6c5oc5ccccc56)=N4)c4ccccc34)cc2)cc2ccccc2c1/C=C\C. The quantitative estimate of drug-likeness (QED) is 0.162. The topological polar surface area (TPSA) is 37.5 Å². The number of hydrogen-bond acceptors (Lipinski definition) is 3. The van der Waals surface area contributed by atoms with E-state index in [0.29, 0.717) is 6.54 Å². The summed E-state index contributed by atoms with van der Waals surface area (Å²) in [4.78, 5) is 5.76. The van der Waals surface area contributed by atoms with Crippen molar-refractivity contribution in [2.75, 3.05) is 6.54 Å². The van der Waals surface area contributed by atoms with E-state index >= 15 is 0 Å². The molecule has 0 saturated carbocycles. The minimum absolute atomic E-state index is 0.210. The zero-order chi connectivity index (χ0) is 43.7. The second-order valence-corrected chi connectivity index (χ2v) is 16.7. The molecular formula is C62H46N2O. The predicted octanol–water partition coefficient (Wildman–Crippen LogP) is 15.9. The van der Waals surface area contributed by atoms with E-state index in [9.17, 15) is 0 Å². The van der Waals surface area contributed by atoms with Gasteiger partial charge in [0.1, 0.15) is 11.2 Å². The van der Waals surface area contributed by atoms with Crippen LogP contribution in [0.25, 0.3) is 88.6 Å². The first kappa shape index (κ1) is 39.6. The fourth-order valence-electron chi connectivity index (χ4n) is 9.87. The van der Waals surface area contributed by atoms with Crippen LogP contribution in [0.1, 0.15) is 53.6 Å². The largest absolute Gasteiger partial charge is 0.455 e. The van der Waals surface area contributed by atoms with Crippen LogP contribution < -0.4 is 5.32 Å². The average molecular weight is 835 g/mol. The van der Waals surface area contributed by atoms with Crippen molar-refractivity contribution in [2.24, 2.45) is 4.99 Å². The van der Waals surface area contributed by atoms with Crippen molar-refractivity contribution in [2.45, 2.75) is 25.8 Å². The number of para-hydroxylation sites is 2. The first-order valence-corrected chi connectivity index (χ1v) is 22.5. The molecule has 65 heavy (non-hydrogen) atoms. The van der Waals surface area contributed by atoms with Gasteiger partial charge in [0.2, 0.25) is 0 Å². The molecule has 0 fully saturated rings. The minimum atomic E-state index is -0.210. The van der Waals surface area contributed by atoms with Crippen LogP contribution in [0.4, 0.5) is 0 Å². The normalized spacial score (nSPS) is 15.2. The van der Waals surface area contributed by atoms with Crippen molar-refractivity contribution >= 4 is 61.0 Å². The van der Waals surface area contributed by atoms with E-state index in [2.05, 4.69) is 211 Å². The first-order chi connectivity index (χ1) is 32.2. The molecule has 1 N–H and O–H groups in total. The molecule has 10 aromatic rings. The molecule has 2 heterocycles. The van der Waals surface area contributed by atoms with Crippen LogP contribution in [0.2, 0.25) is 0 Å². The van der Waals surface area contributed by atoms with Gasteiger partial charge in [-0.1, -0.05) is 194 Å². The third-order valence-corrected chi connectivity index (χ3v) is 12.9. The van der Waals surface area contributed by atoms with Crippen molar-refractivity contribution in [3.63, 3.8) is 0 Å². The molecule has 0 aliphatic carbocycles. The summed E-state index contributed by atoms with van der Waals surface area (Å²) in [5, 5.41) is 10.9. The van der Waals surface area contributed by atoms with Gasteiger partial charge < -0.3 is 9.73 Å². The molecule has 0 amide bonds. The van der Waals surface area contributed by atoms with Crippen LogP contribution >= 0.6 is 0 Å². The molecule has 3 nitrogen and oxygen atoms in total. The molecule has 3 heteroatoms. The number of terminal acetylenes is 1. The van der Waals surface area contributed by atoms with E-state index in [-0.39, 0.29) is 6.04 Å². The highest BCUT2D eigenvalue weighted by atomic mass is 16.3. The third-order valence-electron chi connectivity index (χ3n) is 12.9. The number of furan rings is 1. The number of aliphatic imine (C=N–C) groups is 1. The van der Waals surface area contributed by atoms with E-state index in [1.54, 1.807) is 0 Å². The van der Waals surface area contributed by atoms with E-state index in [4.69, 9.17) is 15.8 Å². The Bertz CT molecular complexity index is 3560. The van der Waals surface area contributed by atoms with E-state index < -0.39 is 0 Å². The van der Waals surface area contributed by atoms with Gasteiger partial charge in [-0.25, -0.2) is 0 Å². The zero-order valence-electron chi connectivity index (χ0n) is 36.3. The molecule has 310 valence electrons. The number of nitrogens with zero attached hydrogens (tertiary/aromatic N) is 1. The first-order valence-electron chi connectivity index (χ1n) is 22.5. The number of rotatable bonds is 7. The van der Waals surface area contributed by atoms with Gasteiger partial charge in [-0.15, -0.1) is 6.42 Å². The summed E-state index contributed by atoms with van der Waals surface area (Å²) < 4.78 is 6.63. The summed E-state index contributed by atoms with van der Waals surface area (Å²) in [5.74, 6) is 3.03. The van der Waals surface area contributed by atoms with E-state index in [1.807, 2.05) is 13.0 Å². The van der Waals surface area contributed by atoms with Crippen LogP contribution in [0.3, 0.4) is 0 Å². The van der Waals surface area contributed by atoms with Gasteiger partial charge in [-0.2, -0.15) is 0 Å². The molecule has 0 bridgehead atoms. The molecule has 11 rings (SSSR count). The Morgan fingerprint density at radius 2 is 1.23 bits per heavy atom. The van der Waals surface area contributed by atoms with Crippen LogP contribution in [0, 0.1) is 12.3 Å². The summed E-state index contributed by atoms with van der Waals surface area (Å²) in [6.45, 7) is 2.64. The maximum absolute atomic E-state index is 6.63. The summed E-state index contributed by atoms with van der Waals surface area (Å²) in [6, 6.07) is 66.9. The van der Waals surface area contributed by atoms with Gasteiger partial charge in [0.15, 0.2) is 0 Å². The molecule has 9 aromatic carbocycles. The predicted molar refractivity (Wildman–Crippen MR) is 275 cm³/mol. The Morgan fingerprint density at radius 3 is 2.03 bits per heavy atom. The third kappa shape index (κ3) is 7.30. The van der Waals surface area contributed by atoms with E-state index in [1.165, 1.54) is 44.0 Å². The lowest BCUT2D eigenvalue weighted by molar-refractivity contribution is 0.666. The van der Waals surface area contributed by atoms with E-state index in [0.717, 1.165) is 85.0 Å². The maximum atomic E-state index is 6.63. The highest BCUT2D eigenvalue weighted by molar-refractivity contribution is 6.15. The molecule has 0 radical (unpaired) electrons. The molecule has 1 unspecified atom stereocenters. The fraction of sp³-hybridized carbons (Fsp3) is 0.0806. The van der Waals surface area contributed by atoms with Crippen LogP contribution in [-0.4, -0.2) is 12.3 Å². The summed E-state index contributed by atoms with van der Waals surface area (Å²) in [6.07, 6.45) is 14.3. The number of nitrogens with one attached hydrogen (secondary N) is 1. The highest BCUT2D eigenvalue weighted by Gasteiger charge is 2.23. The van der Waals surface area contributed by atoms with Gasteiger partial charge >= 0.3 is 0 Å². The van der Waals surface area contributed by atoms with Crippen molar-refractivity contribution in [3.05, 3.63) is 228 Å². The second-order valence-electron chi connectivity index (χ2n) is 16.7. The van der Waals surface area contributed by atoms with Crippen molar-refractivity contribution in [1.29, 1.82) is 0 Å². The molecule has 1 aromatic heterocycles. The minimum Gasteiger partial charge on any atom is -0.455 e. The lowest BCUT2D eigenvalue weighted by Gasteiger charge is -2.21. The van der Waals surface area contributed by atoms with Crippen molar-refractivity contribution in [3.8, 4) is 45.7 Å². The number of fused-ring (bicyclic) bond motifs is 5. The maximum Gasteiger partial charge on any atom is 0.144 e. The lowest BCUT2D eigenvalue weighted by Crippen LogP contribution is -2.20. The molecule has 0 saturated heterocycles. The highest BCUT2D eigenvalue weighted by Crippen LogP contribution is 2.40. The van der Waals surface area contributed by atoms with Crippen molar-refractivity contribution < 1.29 is 4.42 Å². The van der Waals surface area contributed by atoms with Gasteiger partial charge in [-0.3, -0.25) is 4.99 Å². The Hall–Kier alpha value is -8.19. The van der Waals surface area contributed by atoms with Crippen LogP contribution in [0.5, 0.6) is 0 Å². The van der Waals surface area contributed by atoms with Crippen LogP contribution in [-0.2, 0) is 0 Å². The molecule has 1 aliphatic rings. The Morgan fingerprint density at radius 1 is 0.585 bits per heavy atom. The Kier molecular flexibility index (Phi) is 10.5. The second kappa shape index (κ2) is 17.2. The lowest BCUT2D eigenvalue weighted by atomic mass is 9.88. The van der Waals surface area contributed by atoms with Gasteiger partial charge in [0, 0.05) is 45.4 Å². The molecular weight excluding hydrogens is 789 g/mol. The Balaban J connectivity index is 1.02. The zero-order valence-corrected chi connectivity index (χ0v) is 36.3. The average Bonchev–Trinajstić information content (AvgIpc) is 3.80. The number of benzene rings is 9. The molecule has 1 atom stereocenters. The summed E-state index contributed by atoms with van der Waals surface area (Å²) >= 11 is 0. The smallest absolute Gasteiger partial charge is 0.144 e. The standard InChI is InChI=1S/C62H46N2O/c1-3-18-49-45(4-2)57(39-44-21-8-9-23-47(44)49)43-35-33-42(34-36-43)48-37-38-53(51-25-12-11-24-50(48)51)60-40-63-58(52-26-13-10-22-46(52)41-19-6-5-7-20-41)30-17-31-59(64-60)56-29-16-28-55-54-27-14-15-32-61(54)65-62(55)56/h2-3,5-16,18-30,32-39,60,63H,17,31,40H2,1H3/b18-3-,58-30-,64-59?. The Labute approximate surface area is 380 Å². The monoisotopic (exact) mass is 834 g/mol. The number of allylic oxidation sites excluding steroid dienone is 2. The van der Waals surface area contributed by atoms with Gasteiger partial charge in [0.25, 0.3) is 0 Å². The van der Waals surface area contributed by atoms with Gasteiger partial charge in [0.05, 0.1) is 6.04 Å². The van der Waals surface area contributed by atoms with Crippen molar-refractivity contribution in [1.82, 2.24) is 5.32 Å². The van der Waals surface area contributed by atoms with Crippen LogP contribution in [0.15, 0.2) is 210 Å². The fourth-order valence-corrected chi connectivity index (χ4v) is 9.87. The summed E-state index contributed by atoms with van der Waals surface area (Å²) in [5.41, 5.74) is 16.2. The number of hydrogen-bond donors (Lipinski definition) is 1. The molecule has 1 aliphatic heterocycles. The van der Waals surface area contributed by atoms with Gasteiger partial charge in [-0.05, 0) is 104 Å².